The van der Waals surface area contributed by atoms with Crippen molar-refractivity contribution in [3.8, 4) is 33.8 Å². The summed E-state index contributed by atoms with van der Waals surface area (Å²) in [7, 11) is 3.99. The number of H-pyrrole nitrogens is 2. The second-order valence-corrected chi connectivity index (χ2v) is 9.33. The fourth-order valence-electron chi connectivity index (χ4n) is 4.39. The summed E-state index contributed by atoms with van der Waals surface area (Å²) in [5, 5.41) is 11.5. The Morgan fingerprint density at radius 1 is 0.947 bits per heavy atom. The Morgan fingerprint density at radius 2 is 1.79 bits per heavy atom. The zero-order chi connectivity index (χ0) is 26.2. The van der Waals surface area contributed by atoms with Gasteiger partial charge in [-0.15, -0.1) is 0 Å². The molecule has 0 radical (unpaired) electrons. The fourth-order valence-corrected chi connectivity index (χ4v) is 4.39. The van der Waals surface area contributed by atoms with Crippen LogP contribution in [0, 0.1) is 5.82 Å². The van der Waals surface area contributed by atoms with Crippen molar-refractivity contribution < 1.29 is 4.39 Å². The van der Waals surface area contributed by atoms with E-state index in [1.165, 1.54) is 12.1 Å². The number of imidazole rings is 1. The number of nitrogens with one attached hydrogen (secondary N) is 3. The van der Waals surface area contributed by atoms with E-state index in [-0.39, 0.29) is 5.82 Å². The second-order valence-electron chi connectivity index (χ2n) is 9.33. The van der Waals surface area contributed by atoms with Gasteiger partial charge in [0.15, 0.2) is 11.5 Å². The second kappa shape index (κ2) is 9.52. The number of nitrogen functional groups attached to an aromatic ring is 1. The predicted octanol–water partition coefficient (Wildman–Crippen LogP) is 4.32. The van der Waals surface area contributed by atoms with Crippen LogP contribution in [0.2, 0.25) is 0 Å². The van der Waals surface area contributed by atoms with Gasteiger partial charge in [-0.2, -0.15) is 5.10 Å². The Hall–Kier alpha value is -4.90. The van der Waals surface area contributed by atoms with E-state index in [2.05, 4.69) is 40.3 Å². The number of hydrogen-bond donors (Lipinski definition) is 4. The monoisotopic (exact) mass is 508 g/mol. The zero-order valence-electron chi connectivity index (χ0n) is 20.8. The van der Waals surface area contributed by atoms with Gasteiger partial charge < -0.3 is 20.9 Å². The molecule has 6 aromatic rings. The molecule has 0 saturated carbocycles. The number of benzene rings is 1. The minimum atomic E-state index is -0.336. The number of nitrogens with zero attached hydrogens (tertiary/aromatic N) is 6. The van der Waals surface area contributed by atoms with Crippen LogP contribution in [-0.2, 0) is 0 Å². The van der Waals surface area contributed by atoms with Crippen molar-refractivity contribution in [3.63, 3.8) is 0 Å². The van der Waals surface area contributed by atoms with Crippen molar-refractivity contribution in [2.24, 2.45) is 0 Å². The van der Waals surface area contributed by atoms with Gasteiger partial charge in [0.25, 0.3) is 0 Å². The maximum atomic E-state index is 14.6. The first-order chi connectivity index (χ1) is 18.4. The fraction of sp³-hybridized carbons (Fsp3) is 0.148. The van der Waals surface area contributed by atoms with Gasteiger partial charge in [0.05, 0.1) is 28.3 Å². The Balaban J connectivity index is 1.40. The van der Waals surface area contributed by atoms with Gasteiger partial charge >= 0.3 is 0 Å². The van der Waals surface area contributed by atoms with E-state index in [0.29, 0.717) is 51.7 Å². The highest BCUT2D eigenvalue weighted by molar-refractivity contribution is 5.97. The van der Waals surface area contributed by atoms with Gasteiger partial charge in [0.1, 0.15) is 11.5 Å². The van der Waals surface area contributed by atoms with E-state index in [4.69, 9.17) is 10.7 Å². The van der Waals surface area contributed by atoms with Crippen LogP contribution in [0.4, 0.5) is 15.8 Å². The van der Waals surface area contributed by atoms with E-state index < -0.39 is 0 Å². The molecule has 5 aromatic heterocycles. The highest BCUT2D eigenvalue weighted by Gasteiger charge is 2.17. The number of halogens is 1. The van der Waals surface area contributed by atoms with Crippen molar-refractivity contribution in [3.05, 3.63) is 67.1 Å². The molecule has 0 amide bonds. The van der Waals surface area contributed by atoms with Crippen molar-refractivity contribution >= 4 is 33.4 Å². The summed E-state index contributed by atoms with van der Waals surface area (Å²) in [6, 6.07) is 8.70. The Labute approximate surface area is 217 Å². The van der Waals surface area contributed by atoms with Crippen LogP contribution in [-0.4, -0.2) is 67.2 Å². The lowest BCUT2D eigenvalue weighted by Gasteiger charge is -2.12. The average molecular weight is 509 g/mol. The molecule has 0 saturated heterocycles. The molecule has 0 bridgehead atoms. The van der Waals surface area contributed by atoms with Gasteiger partial charge in [-0.25, -0.2) is 14.4 Å². The molecule has 38 heavy (non-hydrogen) atoms. The molecule has 10 nitrogen and oxygen atoms in total. The van der Waals surface area contributed by atoms with Gasteiger partial charge in [-0.3, -0.25) is 15.1 Å². The minimum Gasteiger partial charge on any atom is -0.397 e. The number of anilines is 2. The number of fused-ring (bicyclic) bond motifs is 2. The van der Waals surface area contributed by atoms with Crippen LogP contribution < -0.4 is 11.1 Å². The van der Waals surface area contributed by atoms with E-state index in [1.54, 1.807) is 31.0 Å². The van der Waals surface area contributed by atoms with Gasteiger partial charge in [-0.1, -0.05) is 0 Å². The van der Waals surface area contributed by atoms with Crippen LogP contribution in [0.25, 0.3) is 55.8 Å². The largest absolute Gasteiger partial charge is 0.397 e. The molecule has 190 valence electrons. The average Bonchev–Trinajstić information content (AvgIpc) is 3.51. The van der Waals surface area contributed by atoms with Crippen molar-refractivity contribution in [1.82, 2.24) is 40.0 Å². The molecule has 0 spiro atoms. The van der Waals surface area contributed by atoms with Crippen LogP contribution in [0.15, 0.2) is 61.3 Å². The number of aromatic nitrogens is 7. The highest BCUT2D eigenvalue weighted by Crippen LogP contribution is 2.33. The number of likely N-dealkylation sites (N-methyl/N-ethyl adjacent to an activating group) is 1. The number of aromatic amines is 2. The molecule has 5 N–H and O–H groups in total. The van der Waals surface area contributed by atoms with E-state index in [1.807, 2.05) is 32.3 Å². The lowest BCUT2D eigenvalue weighted by atomic mass is 10.1. The van der Waals surface area contributed by atoms with Crippen molar-refractivity contribution in [2.75, 3.05) is 38.2 Å². The van der Waals surface area contributed by atoms with Crippen LogP contribution in [0.1, 0.15) is 0 Å². The van der Waals surface area contributed by atoms with Crippen LogP contribution >= 0.6 is 0 Å². The summed E-state index contributed by atoms with van der Waals surface area (Å²) >= 11 is 0. The molecule has 0 atom stereocenters. The maximum Gasteiger partial charge on any atom is 0.181 e. The summed E-state index contributed by atoms with van der Waals surface area (Å²) in [5.41, 5.74) is 12.9. The zero-order valence-corrected chi connectivity index (χ0v) is 20.8. The number of rotatable bonds is 7. The van der Waals surface area contributed by atoms with Gasteiger partial charge in [0, 0.05) is 60.3 Å². The molecule has 0 unspecified atom stereocenters. The summed E-state index contributed by atoms with van der Waals surface area (Å²) in [6.45, 7) is 1.52. The first-order valence-corrected chi connectivity index (χ1v) is 12.0. The maximum absolute atomic E-state index is 14.6. The summed E-state index contributed by atoms with van der Waals surface area (Å²) in [6.07, 6.45) is 8.47. The quantitative estimate of drug-likeness (QED) is 0.250. The van der Waals surface area contributed by atoms with E-state index >= 15 is 0 Å². The summed E-state index contributed by atoms with van der Waals surface area (Å²) < 4.78 is 14.6. The number of nitrogens with two attached hydrogens (primary N) is 1. The summed E-state index contributed by atoms with van der Waals surface area (Å²) in [5.74, 6) is 0.235. The van der Waals surface area contributed by atoms with Crippen molar-refractivity contribution in [2.45, 2.75) is 0 Å². The predicted molar refractivity (Wildman–Crippen MR) is 147 cm³/mol. The minimum absolute atomic E-state index is 0.336. The molecule has 1 aromatic carbocycles. The molecular formula is C27H25FN10. The summed E-state index contributed by atoms with van der Waals surface area (Å²) in [4.78, 5) is 23.3. The first kappa shape index (κ1) is 23.5. The van der Waals surface area contributed by atoms with E-state index in [0.717, 1.165) is 28.6 Å². The Bertz CT molecular complexity index is 1770. The standard InChI is InChI=1S/C27H25FN10/c1-38(2)4-3-32-20-7-15(5-18(28)9-20)22-13-31-14-23-24(22)35-27(34-23)25-21-8-17(11-33-26(21)37-36-25)16-6-19(29)12-30-10-16/h5-14,32H,3-4,29H2,1-2H3,(H,34,35)(H,33,36,37). The SMILES string of the molecule is CN(C)CCNc1cc(F)cc(-c2cncc3[nH]c(-c4[nH]nc5ncc(-c6cncc(N)c6)cc45)nc23)c1. The number of hydrogen-bond acceptors (Lipinski definition) is 8. The third-order valence-electron chi connectivity index (χ3n) is 6.23. The third-order valence-corrected chi connectivity index (χ3v) is 6.23. The van der Waals surface area contributed by atoms with Gasteiger partial charge in [0.2, 0.25) is 0 Å². The lowest BCUT2D eigenvalue weighted by Crippen LogP contribution is -2.20. The topological polar surface area (TPSA) is 137 Å². The molecule has 0 aliphatic heterocycles. The first-order valence-electron chi connectivity index (χ1n) is 12.0. The molecule has 5 heterocycles. The van der Waals surface area contributed by atoms with Crippen molar-refractivity contribution in [1.29, 1.82) is 0 Å². The molecule has 0 fully saturated rings. The molecule has 11 heteroatoms. The Kier molecular flexibility index (Phi) is 5.89. The van der Waals surface area contributed by atoms with Crippen LogP contribution in [0.5, 0.6) is 0 Å². The van der Waals surface area contributed by atoms with Gasteiger partial charge in [-0.05, 0) is 50.0 Å². The smallest absolute Gasteiger partial charge is 0.181 e. The van der Waals surface area contributed by atoms with E-state index in [9.17, 15) is 4.39 Å². The lowest BCUT2D eigenvalue weighted by molar-refractivity contribution is 0.425. The molecular weight excluding hydrogens is 483 g/mol. The molecule has 0 aliphatic rings. The third kappa shape index (κ3) is 4.50. The normalized spacial score (nSPS) is 11.6. The molecule has 6 rings (SSSR count). The molecule has 0 aliphatic carbocycles. The van der Waals surface area contributed by atoms with Crippen LogP contribution in [0.3, 0.4) is 0 Å². The number of pyridine rings is 3. The Morgan fingerprint density at radius 3 is 2.63 bits per heavy atom. The highest BCUT2D eigenvalue weighted by atomic mass is 19.1.